The molecule has 1 saturated carbocycles. The van der Waals surface area contributed by atoms with Gasteiger partial charge in [-0.05, 0) is 44.9 Å². The van der Waals surface area contributed by atoms with Crippen LogP contribution in [0.1, 0.15) is 25.7 Å². The first-order valence-corrected chi connectivity index (χ1v) is 12.0. The minimum atomic E-state index is -0.0890. The summed E-state index contributed by atoms with van der Waals surface area (Å²) in [5.41, 5.74) is 2.73. The van der Waals surface area contributed by atoms with Crippen LogP contribution in [-0.2, 0) is 16.6 Å². The maximum atomic E-state index is 12.9. The molecule has 2 amide bonds. The smallest absolute Gasteiger partial charge is 0.228 e. The molecule has 9 nitrogen and oxygen atoms in total. The van der Waals surface area contributed by atoms with E-state index in [1.807, 2.05) is 30.3 Å². The summed E-state index contributed by atoms with van der Waals surface area (Å²) in [6.45, 7) is 3.48. The van der Waals surface area contributed by atoms with E-state index in [0.29, 0.717) is 5.82 Å². The molecule has 0 aromatic carbocycles. The number of hydrogen-bond donors (Lipinski definition) is 1. The molecule has 178 valence electrons. The van der Waals surface area contributed by atoms with E-state index in [-0.39, 0.29) is 23.7 Å². The summed E-state index contributed by atoms with van der Waals surface area (Å²) in [5, 5.41) is 8.12. The van der Waals surface area contributed by atoms with E-state index in [1.165, 1.54) is 0 Å². The number of carbonyl (C=O) groups excluding carboxylic acids is 2. The van der Waals surface area contributed by atoms with Crippen LogP contribution in [0.25, 0.3) is 22.0 Å². The third kappa shape index (κ3) is 4.79. The zero-order valence-electron chi connectivity index (χ0n) is 19.8. The van der Waals surface area contributed by atoms with Gasteiger partial charge in [0.2, 0.25) is 11.8 Å². The average Bonchev–Trinajstić information content (AvgIpc) is 3.30. The van der Waals surface area contributed by atoms with Crippen molar-refractivity contribution in [2.75, 3.05) is 38.5 Å². The van der Waals surface area contributed by atoms with E-state index in [9.17, 15) is 9.59 Å². The van der Waals surface area contributed by atoms with Crippen LogP contribution in [0.4, 0.5) is 5.82 Å². The standard InChI is InChI=1S/C25H31N7O2/c1-30-7-9-32(10-8-30)25(34)18-5-3-17(4-6-18)24(33)29-23-12-19-11-20(13-26-22(19)15-27-23)21-14-28-31(2)16-21/h11-18H,3-10H2,1-2H3,(H,27,29,33)/t17-,18-. The number of aryl methyl sites for hydroxylation is 1. The van der Waals surface area contributed by atoms with Gasteiger partial charge in [0.15, 0.2) is 0 Å². The molecular weight excluding hydrogens is 430 g/mol. The van der Waals surface area contributed by atoms with Gasteiger partial charge in [0.1, 0.15) is 5.82 Å². The molecule has 0 atom stereocenters. The minimum absolute atomic E-state index is 0.0197. The van der Waals surface area contributed by atoms with Crippen LogP contribution in [0.2, 0.25) is 0 Å². The van der Waals surface area contributed by atoms with Gasteiger partial charge in [0.05, 0.1) is 17.9 Å². The van der Waals surface area contributed by atoms with Crippen LogP contribution >= 0.6 is 0 Å². The highest BCUT2D eigenvalue weighted by Gasteiger charge is 2.33. The van der Waals surface area contributed by atoms with Gasteiger partial charge < -0.3 is 15.1 Å². The fourth-order valence-corrected chi connectivity index (χ4v) is 4.94. The van der Waals surface area contributed by atoms with Crippen molar-refractivity contribution in [2.24, 2.45) is 18.9 Å². The van der Waals surface area contributed by atoms with E-state index in [0.717, 1.165) is 73.9 Å². The number of piperazine rings is 1. The molecule has 1 aliphatic carbocycles. The van der Waals surface area contributed by atoms with Crippen molar-refractivity contribution < 1.29 is 9.59 Å². The number of fused-ring (bicyclic) bond motifs is 1. The van der Waals surface area contributed by atoms with Crippen molar-refractivity contribution >= 4 is 28.5 Å². The molecule has 9 heteroatoms. The fourth-order valence-electron chi connectivity index (χ4n) is 4.94. The van der Waals surface area contributed by atoms with E-state index < -0.39 is 0 Å². The number of amides is 2. The Morgan fingerprint density at radius 3 is 2.32 bits per heavy atom. The van der Waals surface area contributed by atoms with E-state index >= 15 is 0 Å². The molecule has 1 saturated heterocycles. The summed E-state index contributed by atoms with van der Waals surface area (Å²) < 4.78 is 1.76. The summed E-state index contributed by atoms with van der Waals surface area (Å²) in [5.74, 6) is 0.726. The van der Waals surface area contributed by atoms with Crippen molar-refractivity contribution in [2.45, 2.75) is 25.7 Å². The zero-order valence-corrected chi connectivity index (χ0v) is 19.8. The number of anilines is 1. The van der Waals surface area contributed by atoms with Crippen molar-refractivity contribution in [3.05, 3.63) is 36.9 Å². The van der Waals surface area contributed by atoms with Gasteiger partial charge >= 0.3 is 0 Å². The summed E-state index contributed by atoms with van der Waals surface area (Å²) in [6, 6.07) is 3.90. The van der Waals surface area contributed by atoms with Crippen LogP contribution in [0.15, 0.2) is 36.9 Å². The predicted molar refractivity (Wildman–Crippen MR) is 130 cm³/mol. The second-order valence-corrected chi connectivity index (χ2v) is 9.56. The predicted octanol–water partition coefficient (Wildman–Crippen LogP) is 2.55. The molecule has 3 aromatic heterocycles. The molecule has 3 aromatic rings. The maximum Gasteiger partial charge on any atom is 0.228 e. The lowest BCUT2D eigenvalue weighted by Crippen LogP contribution is -2.49. The van der Waals surface area contributed by atoms with Crippen molar-refractivity contribution in [3.63, 3.8) is 0 Å². The normalized spacial score (nSPS) is 21.5. The number of nitrogens with one attached hydrogen (secondary N) is 1. The summed E-state index contributed by atoms with van der Waals surface area (Å²) in [4.78, 5) is 38.9. The third-order valence-corrected chi connectivity index (χ3v) is 7.12. The zero-order chi connectivity index (χ0) is 23.7. The lowest BCUT2D eigenvalue weighted by molar-refractivity contribution is -0.139. The molecule has 1 aliphatic heterocycles. The highest BCUT2D eigenvalue weighted by Crippen LogP contribution is 2.31. The monoisotopic (exact) mass is 461 g/mol. The van der Waals surface area contributed by atoms with Crippen LogP contribution in [0, 0.1) is 11.8 Å². The lowest BCUT2D eigenvalue weighted by Gasteiger charge is -2.36. The molecule has 0 spiro atoms. The van der Waals surface area contributed by atoms with Gasteiger partial charge in [-0.15, -0.1) is 0 Å². The van der Waals surface area contributed by atoms with E-state index in [1.54, 1.807) is 23.3 Å². The number of nitrogens with zero attached hydrogens (tertiary/aromatic N) is 6. The lowest BCUT2D eigenvalue weighted by atomic mass is 9.81. The van der Waals surface area contributed by atoms with Gasteiger partial charge in [-0.1, -0.05) is 0 Å². The topological polar surface area (TPSA) is 96.2 Å². The third-order valence-electron chi connectivity index (χ3n) is 7.12. The minimum Gasteiger partial charge on any atom is -0.340 e. The van der Waals surface area contributed by atoms with Gasteiger partial charge in [-0.25, -0.2) is 4.98 Å². The summed E-state index contributed by atoms with van der Waals surface area (Å²) in [6.07, 6.45) is 10.2. The molecule has 4 heterocycles. The maximum absolute atomic E-state index is 12.9. The highest BCUT2D eigenvalue weighted by atomic mass is 16.2. The Morgan fingerprint density at radius 2 is 1.62 bits per heavy atom. The summed E-state index contributed by atoms with van der Waals surface area (Å²) in [7, 11) is 3.97. The van der Waals surface area contributed by atoms with Crippen LogP contribution in [0.5, 0.6) is 0 Å². The fraction of sp³-hybridized carbons (Fsp3) is 0.480. The number of carbonyl (C=O) groups is 2. The number of hydrogen-bond acceptors (Lipinski definition) is 6. The molecule has 5 rings (SSSR count). The molecule has 1 N–H and O–H groups in total. The van der Waals surface area contributed by atoms with Gasteiger partial charge in [0.25, 0.3) is 0 Å². The second kappa shape index (κ2) is 9.50. The Balaban J connectivity index is 1.20. The first-order chi connectivity index (χ1) is 16.5. The molecule has 2 fully saturated rings. The molecule has 0 radical (unpaired) electrons. The quantitative estimate of drug-likeness (QED) is 0.642. The number of rotatable bonds is 4. The first-order valence-electron chi connectivity index (χ1n) is 12.0. The molecule has 0 unspecified atom stereocenters. The van der Waals surface area contributed by atoms with Crippen LogP contribution in [0.3, 0.4) is 0 Å². The first kappa shape index (κ1) is 22.5. The van der Waals surface area contributed by atoms with Gasteiger partial charge in [0, 0.05) is 74.0 Å². The molecule has 0 bridgehead atoms. The highest BCUT2D eigenvalue weighted by molar-refractivity contribution is 5.94. The largest absolute Gasteiger partial charge is 0.340 e. The Kier molecular flexibility index (Phi) is 6.28. The Labute approximate surface area is 199 Å². The Hall–Kier alpha value is -3.33. The number of aromatic nitrogens is 4. The van der Waals surface area contributed by atoms with Crippen molar-refractivity contribution in [1.29, 1.82) is 0 Å². The van der Waals surface area contributed by atoms with E-state index in [2.05, 4.69) is 32.3 Å². The van der Waals surface area contributed by atoms with Gasteiger partial charge in [-0.3, -0.25) is 19.3 Å². The molecule has 2 aliphatic rings. The van der Waals surface area contributed by atoms with Crippen molar-refractivity contribution in [1.82, 2.24) is 29.5 Å². The number of pyridine rings is 2. The number of likely N-dealkylation sites (N-methyl/N-ethyl adjacent to an activating group) is 1. The van der Waals surface area contributed by atoms with Crippen molar-refractivity contribution in [3.8, 4) is 11.1 Å². The molecular formula is C25H31N7O2. The molecule has 34 heavy (non-hydrogen) atoms. The Morgan fingerprint density at radius 1 is 0.882 bits per heavy atom. The summed E-state index contributed by atoms with van der Waals surface area (Å²) >= 11 is 0. The Bertz CT molecular complexity index is 1190. The average molecular weight is 462 g/mol. The second-order valence-electron chi connectivity index (χ2n) is 9.56. The van der Waals surface area contributed by atoms with E-state index in [4.69, 9.17) is 0 Å². The SMILES string of the molecule is CN1CCN(C(=O)[C@H]2CC[C@H](C(=O)Nc3cc4cc(-c5cnn(C)c5)cnc4cn3)CC2)CC1. The van der Waals surface area contributed by atoms with Gasteiger partial charge in [-0.2, -0.15) is 5.10 Å². The van der Waals surface area contributed by atoms with Crippen LogP contribution < -0.4 is 5.32 Å². The van der Waals surface area contributed by atoms with Crippen LogP contribution in [-0.4, -0.2) is 74.6 Å².